The molecule has 0 saturated heterocycles. The van der Waals surface area contributed by atoms with Gasteiger partial charge in [0.25, 0.3) is 0 Å². The maximum atomic E-state index is 13.2. The molecule has 0 amide bonds. The molecular weight excluding hydrogens is 234 g/mol. The van der Waals surface area contributed by atoms with Gasteiger partial charge in [-0.25, -0.2) is 8.78 Å². The van der Waals surface area contributed by atoms with E-state index in [-0.39, 0.29) is 5.78 Å². The van der Waals surface area contributed by atoms with Gasteiger partial charge >= 0.3 is 0 Å². The van der Waals surface area contributed by atoms with Crippen LogP contribution in [0.15, 0.2) is 42.5 Å². The number of ketones is 1. The quantitative estimate of drug-likeness (QED) is 0.809. The molecular formula is C15H11F2O. The summed E-state index contributed by atoms with van der Waals surface area (Å²) >= 11 is 0. The molecule has 0 N–H and O–H groups in total. The van der Waals surface area contributed by atoms with Crippen molar-refractivity contribution in [1.82, 2.24) is 0 Å². The molecule has 1 nitrogen and oxygen atoms in total. The highest BCUT2D eigenvalue weighted by Crippen LogP contribution is 2.26. The third kappa shape index (κ3) is 2.45. The minimum Gasteiger partial charge on any atom is -0.299 e. The van der Waals surface area contributed by atoms with Gasteiger partial charge in [0.1, 0.15) is 5.78 Å². The van der Waals surface area contributed by atoms with E-state index in [1.165, 1.54) is 13.0 Å². The van der Waals surface area contributed by atoms with Crippen molar-refractivity contribution in [2.45, 2.75) is 12.8 Å². The first-order chi connectivity index (χ1) is 8.59. The molecule has 91 valence electrons. The first-order valence-electron chi connectivity index (χ1n) is 5.51. The maximum Gasteiger partial charge on any atom is 0.159 e. The van der Waals surface area contributed by atoms with E-state index in [0.29, 0.717) is 5.56 Å². The van der Waals surface area contributed by atoms with Crippen LogP contribution in [0.25, 0.3) is 0 Å². The molecule has 0 saturated carbocycles. The third-order valence-corrected chi connectivity index (χ3v) is 2.76. The monoisotopic (exact) mass is 245 g/mol. The van der Waals surface area contributed by atoms with Crippen LogP contribution in [0.1, 0.15) is 24.0 Å². The van der Waals surface area contributed by atoms with Gasteiger partial charge in [0.05, 0.1) is 5.92 Å². The maximum absolute atomic E-state index is 13.2. The van der Waals surface area contributed by atoms with Crippen LogP contribution in [0, 0.1) is 17.7 Å². The Hall–Kier alpha value is -2.03. The minimum atomic E-state index is -0.943. The molecule has 0 aliphatic rings. The molecule has 2 aromatic carbocycles. The van der Waals surface area contributed by atoms with Crippen molar-refractivity contribution >= 4 is 5.78 Å². The van der Waals surface area contributed by atoms with E-state index in [0.717, 1.165) is 17.7 Å². The summed E-state index contributed by atoms with van der Waals surface area (Å²) in [6.07, 6.45) is 0. The zero-order valence-corrected chi connectivity index (χ0v) is 9.78. The first kappa shape index (κ1) is 12.4. The topological polar surface area (TPSA) is 17.1 Å². The highest BCUT2D eigenvalue weighted by molar-refractivity contribution is 5.86. The van der Waals surface area contributed by atoms with Crippen LogP contribution in [0.2, 0.25) is 0 Å². The van der Waals surface area contributed by atoms with Crippen molar-refractivity contribution in [1.29, 1.82) is 0 Å². The fourth-order valence-corrected chi connectivity index (χ4v) is 1.95. The van der Waals surface area contributed by atoms with Gasteiger partial charge in [-0.2, -0.15) is 0 Å². The van der Waals surface area contributed by atoms with Crippen molar-refractivity contribution < 1.29 is 13.6 Å². The Bertz CT molecular complexity index is 564. The Kier molecular flexibility index (Phi) is 3.51. The SMILES string of the molecule is CC(=O)C(c1cc[c]cc1)c1ccc(F)c(F)c1. The molecule has 2 rings (SSSR count). The van der Waals surface area contributed by atoms with Crippen LogP contribution in [0.4, 0.5) is 8.78 Å². The van der Waals surface area contributed by atoms with Crippen LogP contribution in [-0.2, 0) is 4.79 Å². The van der Waals surface area contributed by atoms with Gasteiger partial charge in [-0.15, -0.1) is 0 Å². The number of carbonyl (C=O) groups is 1. The molecule has 0 heterocycles. The van der Waals surface area contributed by atoms with Gasteiger partial charge < -0.3 is 0 Å². The van der Waals surface area contributed by atoms with Gasteiger partial charge in [-0.3, -0.25) is 4.79 Å². The minimum absolute atomic E-state index is 0.118. The number of Topliss-reactive ketones (excluding diaryl/α,β-unsaturated/α-hetero) is 1. The molecule has 0 aliphatic heterocycles. The molecule has 0 fully saturated rings. The molecule has 18 heavy (non-hydrogen) atoms. The molecule has 0 bridgehead atoms. The van der Waals surface area contributed by atoms with Gasteiger partial charge in [0.2, 0.25) is 0 Å². The number of hydrogen-bond acceptors (Lipinski definition) is 1. The Morgan fingerprint density at radius 3 is 2.28 bits per heavy atom. The van der Waals surface area contributed by atoms with Crippen molar-refractivity contribution in [3.63, 3.8) is 0 Å². The van der Waals surface area contributed by atoms with Crippen LogP contribution >= 0.6 is 0 Å². The smallest absolute Gasteiger partial charge is 0.159 e. The van der Waals surface area contributed by atoms with Crippen molar-refractivity contribution in [2.75, 3.05) is 0 Å². The molecule has 0 spiro atoms. The summed E-state index contributed by atoms with van der Waals surface area (Å²) in [7, 11) is 0. The number of carbonyl (C=O) groups excluding carboxylic acids is 1. The van der Waals surface area contributed by atoms with Crippen LogP contribution in [0.3, 0.4) is 0 Å². The normalized spacial score (nSPS) is 12.2. The lowest BCUT2D eigenvalue weighted by Crippen LogP contribution is -2.11. The second-order valence-corrected chi connectivity index (χ2v) is 4.05. The van der Waals surface area contributed by atoms with Crippen molar-refractivity contribution in [2.24, 2.45) is 0 Å². The van der Waals surface area contributed by atoms with E-state index >= 15 is 0 Å². The summed E-state index contributed by atoms with van der Waals surface area (Å²) in [5, 5.41) is 0. The molecule has 1 radical (unpaired) electrons. The fraction of sp³-hybridized carbons (Fsp3) is 0.133. The van der Waals surface area contributed by atoms with Crippen LogP contribution < -0.4 is 0 Å². The number of halogens is 2. The molecule has 0 aliphatic carbocycles. The lowest BCUT2D eigenvalue weighted by molar-refractivity contribution is -0.117. The van der Waals surface area contributed by atoms with Gasteiger partial charge in [-0.05, 0) is 36.2 Å². The molecule has 2 aromatic rings. The van der Waals surface area contributed by atoms with Crippen LogP contribution in [-0.4, -0.2) is 5.78 Å². The number of benzene rings is 2. The second-order valence-electron chi connectivity index (χ2n) is 4.05. The van der Waals surface area contributed by atoms with E-state index in [2.05, 4.69) is 6.07 Å². The van der Waals surface area contributed by atoms with E-state index in [1.807, 2.05) is 0 Å². The van der Waals surface area contributed by atoms with E-state index < -0.39 is 17.6 Å². The summed E-state index contributed by atoms with van der Waals surface area (Å²) in [5.41, 5.74) is 1.19. The number of rotatable bonds is 3. The van der Waals surface area contributed by atoms with Gasteiger partial charge in [0.15, 0.2) is 11.6 Å². The lowest BCUT2D eigenvalue weighted by atomic mass is 9.88. The molecule has 3 heteroatoms. The third-order valence-electron chi connectivity index (χ3n) is 2.76. The summed E-state index contributed by atoms with van der Waals surface area (Å²) in [5.74, 6) is -2.55. The zero-order valence-electron chi connectivity index (χ0n) is 9.78. The van der Waals surface area contributed by atoms with E-state index in [4.69, 9.17) is 0 Å². The highest BCUT2D eigenvalue weighted by Gasteiger charge is 2.20. The average Bonchev–Trinajstić information content (AvgIpc) is 2.35. The largest absolute Gasteiger partial charge is 0.299 e. The zero-order chi connectivity index (χ0) is 13.1. The van der Waals surface area contributed by atoms with Crippen molar-refractivity contribution in [3.05, 3.63) is 71.3 Å². The van der Waals surface area contributed by atoms with E-state index in [9.17, 15) is 13.6 Å². The molecule has 0 aromatic heterocycles. The van der Waals surface area contributed by atoms with E-state index in [1.54, 1.807) is 24.3 Å². The Morgan fingerprint density at radius 1 is 1.06 bits per heavy atom. The number of hydrogen-bond donors (Lipinski definition) is 0. The molecule has 1 unspecified atom stereocenters. The second kappa shape index (κ2) is 5.08. The Labute approximate surface area is 104 Å². The average molecular weight is 245 g/mol. The summed E-state index contributed by atoms with van der Waals surface area (Å²) in [4.78, 5) is 11.7. The van der Waals surface area contributed by atoms with Crippen molar-refractivity contribution in [3.8, 4) is 0 Å². The molecule has 1 atom stereocenters. The predicted molar refractivity (Wildman–Crippen MR) is 64.2 cm³/mol. The Balaban J connectivity index is 2.49. The van der Waals surface area contributed by atoms with Gasteiger partial charge in [-0.1, -0.05) is 30.3 Å². The summed E-state index contributed by atoms with van der Waals surface area (Å²) < 4.78 is 26.1. The standard InChI is InChI=1S/C15H11F2O/c1-10(18)15(11-5-3-2-4-6-11)12-7-8-13(16)14(17)9-12/h3-9,15H,1H3. The first-order valence-corrected chi connectivity index (χ1v) is 5.51. The van der Waals surface area contributed by atoms with Crippen LogP contribution in [0.5, 0.6) is 0 Å². The fourth-order valence-electron chi connectivity index (χ4n) is 1.95. The van der Waals surface area contributed by atoms with Gasteiger partial charge in [0, 0.05) is 0 Å². The highest BCUT2D eigenvalue weighted by atomic mass is 19.2. The predicted octanol–water partition coefficient (Wildman–Crippen LogP) is 3.49. The summed E-state index contributed by atoms with van der Waals surface area (Å²) in [6.45, 7) is 1.43. The Morgan fingerprint density at radius 2 is 1.72 bits per heavy atom. The lowest BCUT2D eigenvalue weighted by Gasteiger charge is -2.14. The summed E-state index contributed by atoms with van der Waals surface area (Å²) in [6, 6.07) is 13.2.